The molecule has 1 aromatic rings. The number of carbonyl (C=O) groups excluding carboxylic acids is 1. The minimum Gasteiger partial charge on any atom is -0.342 e. The predicted molar refractivity (Wildman–Crippen MR) is 98.1 cm³/mol. The zero-order chi connectivity index (χ0) is 17.8. The molecule has 1 atom stereocenters. The molecule has 1 amide bonds. The van der Waals surface area contributed by atoms with Crippen molar-refractivity contribution >= 4 is 5.91 Å². The molecule has 140 valence electrons. The molecule has 0 radical (unpaired) electrons. The third-order valence-corrected chi connectivity index (χ3v) is 5.78. The van der Waals surface area contributed by atoms with Crippen molar-refractivity contribution in [3.8, 4) is 0 Å². The van der Waals surface area contributed by atoms with Gasteiger partial charge in [-0.2, -0.15) is 0 Å². The molecule has 0 spiro atoms. The second-order valence-corrected chi connectivity index (χ2v) is 8.16. The van der Waals surface area contributed by atoms with E-state index in [9.17, 15) is 4.79 Å². The van der Waals surface area contributed by atoms with Crippen LogP contribution < -0.4 is 0 Å². The van der Waals surface area contributed by atoms with Gasteiger partial charge in [-0.15, -0.1) is 10.2 Å². The molecule has 3 rings (SSSR count). The number of carbonyl (C=O) groups is 1. The first kappa shape index (κ1) is 18.4. The number of hydrogen-bond acceptors (Lipinski definition) is 4. The Hall–Kier alpha value is -1.43. The average Bonchev–Trinajstić information content (AvgIpc) is 2.96. The van der Waals surface area contributed by atoms with E-state index in [1.807, 2.05) is 14.1 Å². The van der Waals surface area contributed by atoms with Crippen LogP contribution in [0.3, 0.4) is 0 Å². The largest absolute Gasteiger partial charge is 0.342 e. The molecule has 1 saturated carbocycles. The first-order chi connectivity index (χ1) is 12.0. The molecule has 1 saturated heterocycles. The molecule has 6 nitrogen and oxygen atoms in total. The number of hydrogen-bond donors (Lipinski definition) is 0. The van der Waals surface area contributed by atoms with Gasteiger partial charge in [-0.1, -0.05) is 19.3 Å². The maximum atomic E-state index is 12.8. The predicted octanol–water partition coefficient (Wildman–Crippen LogP) is 2.55. The highest BCUT2D eigenvalue weighted by Crippen LogP contribution is 2.30. The SMILES string of the molecule is CN(C)Cc1nnc([C@@H]2CCCN(C(=O)CC3CCCCC3)C2)n1C. The fourth-order valence-corrected chi connectivity index (χ4v) is 4.33. The van der Waals surface area contributed by atoms with Gasteiger partial charge in [0.05, 0.1) is 6.54 Å². The van der Waals surface area contributed by atoms with E-state index in [1.165, 1.54) is 32.1 Å². The Morgan fingerprint density at radius 3 is 2.60 bits per heavy atom. The monoisotopic (exact) mass is 347 g/mol. The van der Waals surface area contributed by atoms with Crippen molar-refractivity contribution in [3.05, 3.63) is 11.6 Å². The molecule has 1 aromatic heterocycles. The summed E-state index contributed by atoms with van der Waals surface area (Å²) in [6.07, 6.45) is 9.33. The highest BCUT2D eigenvalue weighted by Gasteiger charge is 2.29. The molecule has 0 aromatic carbocycles. The van der Waals surface area contributed by atoms with Crippen molar-refractivity contribution in [1.82, 2.24) is 24.6 Å². The molecule has 1 aliphatic heterocycles. The number of piperidine rings is 1. The molecule has 0 unspecified atom stereocenters. The lowest BCUT2D eigenvalue weighted by atomic mass is 9.86. The second-order valence-electron chi connectivity index (χ2n) is 8.16. The van der Waals surface area contributed by atoms with E-state index in [1.54, 1.807) is 0 Å². The Morgan fingerprint density at radius 1 is 1.12 bits per heavy atom. The normalized spacial score (nSPS) is 22.6. The quantitative estimate of drug-likeness (QED) is 0.821. The first-order valence-corrected chi connectivity index (χ1v) is 9.85. The minimum absolute atomic E-state index is 0.317. The Bertz CT molecular complexity index is 576. The Labute approximate surface area is 151 Å². The summed E-state index contributed by atoms with van der Waals surface area (Å²) in [7, 11) is 6.14. The summed E-state index contributed by atoms with van der Waals surface area (Å²) >= 11 is 0. The van der Waals surface area contributed by atoms with Gasteiger partial charge in [0.2, 0.25) is 5.91 Å². The zero-order valence-corrected chi connectivity index (χ0v) is 16.1. The van der Waals surface area contributed by atoms with Gasteiger partial charge in [0.15, 0.2) is 0 Å². The van der Waals surface area contributed by atoms with Crippen LogP contribution in [0.4, 0.5) is 0 Å². The first-order valence-electron chi connectivity index (χ1n) is 9.85. The summed E-state index contributed by atoms with van der Waals surface area (Å²) in [5.74, 6) is 3.31. The molecule has 25 heavy (non-hydrogen) atoms. The summed E-state index contributed by atoms with van der Waals surface area (Å²) in [4.78, 5) is 16.9. The lowest BCUT2D eigenvalue weighted by Crippen LogP contribution is -2.40. The van der Waals surface area contributed by atoms with Gasteiger partial charge >= 0.3 is 0 Å². The second kappa shape index (κ2) is 8.30. The average molecular weight is 348 g/mol. The number of likely N-dealkylation sites (tertiary alicyclic amines) is 1. The fourth-order valence-electron chi connectivity index (χ4n) is 4.33. The van der Waals surface area contributed by atoms with Crippen LogP contribution in [-0.4, -0.2) is 57.7 Å². The van der Waals surface area contributed by atoms with E-state index in [-0.39, 0.29) is 0 Å². The maximum absolute atomic E-state index is 12.8. The Morgan fingerprint density at radius 2 is 1.88 bits per heavy atom. The lowest BCUT2D eigenvalue weighted by molar-refractivity contribution is -0.133. The van der Waals surface area contributed by atoms with E-state index >= 15 is 0 Å². The minimum atomic E-state index is 0.317. The van der Waals surface area contributed by atoms with Gasteiger partial charge in [0, 0.05) is 32.5 Å². The Kier molecular flexibility index (Phi) is 6.10. The van der Waals surface area contributed by atoms with E-state index in [2.05, 4.69) is 31.6 Å². The van der Waals surface area contributed by atoms with Crippen molar-refractivity contribution < 1.29 is 4.79 Å². The summed E-state index contributed by atoms with van der Waals surface area (Å²) in [6.45, 7) is 2.50. The van der Waals surface area contributed by atoms with Crippen molar-refractivity contribution in [2.45, 2.75) is 63.8 Å². The maximum Gasteiger partial charge on any atom is 0.222 e. The molecule has 2 fully saturated rings. The topological polar surface area (TPSA) is 54.3 Å². The summed E-state index contributed by atoms with van der Waals surface area (Å²) < 4.78 is 2.12. The van der Waals surface area contributed by atoms with Crippen LogP contribution in [0, 0.1) is 5.92 Å². The van der Waals surface area contributed by atoms with Crippen molar-refractivity contribution in [1.29, 1.82) is 0 Å². The molecule has 1 aliphatic carbocycles. The number of aromatic nitrogens is 3. The number of amides is 1. The van der Waals surface area contributed by atoms with Crippen LogP contribution in [-0.2, 0) is 18.4 Å². The van der Waals surface area contributed by atoms with Crippen molar-refractivity contribution in [3.63, 3.8) is 0 Å². The van der Waals surface area contributed by atoms with Gasteiger partial charge in [-0.25, -0.2) is 0 Å². The molecule has 2 aliphatic rings. The van der Waals surface area contributed by atoms with Gasteiger partial charge in [0.1, 0.15) is 11.6 Å². The third-order valence-electron chi connectivity index (χ3n) is 5.78. The van der Waals surface area contributed by atoms with E-state index in [0.717, 1.165) is 50.5 Å². The molecular formula is C19H33N5O. The molecule has 6 heteroatoms. The highest BCUT2D eigenvalue weighted by atomic mass is 16.2. The molecular weight excluding hydrogens is 314 g/mol. The standard InChI is InChI=1S/C19H33N5O/c1-22(2)14-17-20-21-19(23(17)3)16-10-7-11-24(13-16)18(25)12-15-8-5-4-6-9-15/h15-16H,4-14H2,1-3H3/t16-/m1/s1. The van der Waals surface area contributed by atoms with Crippen molar-refractivity contribution in [2.24, 2.45) is 13.0 Å². The van der Waals surface area contributed by atoms with Gasteiger partial charge in [0.25, 0.3) is 0 Å². The number of rotatable bonds is 5. The van der Waals surface area contributed by atoms with Crippen LogP contribution in [0.2, 0.25) is 0 Å². The lowest BCUT2D eigenvalue weighted by Gasteiger charge is -2.33. The van der Waals surface area contributed by atoms with Gasteiger partial charge in [-0.3, -0.25) is 4.79 Å². The smallest absolute Gasteiger partial charge is 0.222 e. The number of nitrogens with zero attached hydrogens (tertiary/aromatic N) is 5. The summed E-state index contributed by atoms with van der Waals surface area (Å²) in [6, 6.07) is 0. The molecule has 0 N–H and O–H groups in total. The van der Waals surface area contributed by atoms with Gasteiger partial charge < -0.3 is 14.4 Å². The van der Waals surface area contributed by atoms with Crippen molar-refractivity contribution in [2.75, 3.05) is 27.2 Å². The fraction of sp³-hybridized carbons (Fsp3) is 0.842. The van der Waals surface area contributed by atoms with E-state index in [0.29, 0.717) is 17.7 Å². The van der Waals surface area contributed by atoms with Crippen LogP contribution in [0.25, 0.3) is 0 Å². The van der Waals surface area contributed by atoms with E-state index < -0.39 is 0 Å². The van der Waals surface area contributed by atoms with Crippen LogP contribution >= 0.6 is 0 Å². The molecule has 0 bridgehead atoms. The third kappa shape index (κ3) is 4.60. The van der Waals surface area contributed by atoms with Crippen LogP contribution in [0.15, 0.2) is 0 Å². The van der Waals surface area contributed by atoms with Crippen LogP contribution in [0.5, 0.6) is 0 Å². The zero-order valence-electron chi connectivity index (χ0n) is 16.1. The molecule has 2 heterocycles. The summed E-state index contributed by atoms with van der Waals surface area (Å²) in [5, 5.41) is 8.81. The van der Waals surface area contributed by atoms with E-state index in [4.69, 9.17) is 0 Å². The highest BCUT2D eigenvalue weighted by molar-refractivity contribution is 5.76. The van der Waals surface area contributed by atoms with Crippen LogP contribution in [0.1, 0.15) is 68.9 Å². The Balaban J connectivity index is 1.60. The summed E-state index contributed by atoms with van der Waals surface area (Å²) in [5.41, 5.74) is 0. The van der Waals surface area contributed by atoms with Gasteiger partial charge in [-0.05, 0) is 45.7 Å².